The standard InChI is InChI=1S/C13H26O2/c1-4-5-6-7-8-13(14)9-11(2)15-12(3)10-13/h11-12,14H,4-10H2,1-3H3. The fourth-order valence-corrected chi connectivity index (χ4v) is 2.73. The van der Waals surface area contributed by atoms with Gasteiger partial charge in [0.25, 0.3) is 0 Å². The Morgan fingerprint density at radius 1 is 1.13 bits per heavy atom. The summed E-state index contributed by atoms with van der Waals surface area (Å²) in [5, 5.41) is 10.4. The molecule has 0 amide bonds. The highest BCUT2D eigenvalue weighted by Crippen LogP contribution is 2.32. The number of aliphatic hydroxyl groups is 1. The van der Waals surface area contributed by atoms with Crippen molar-refractivity contribution in [1.82, 2.24) is 0 Å². The zero-order valence-electron chi connectivity index (χ0n) is 10.5. The van der Waals surface area contributed by atoms with E-state index in [9.17, 15) is 5.11 Å². The number of rotatable bonds is 5. The highest BCUT2D eigenvalue weighted by molar-refractivity contribution is 4.87. The molecule has 0 aliphatic carbocycles. The smallest absolute Gasteiger partial charge is 0.0697 e. The van der Waals surface area contributed by atoms with E-state index in [1.165, 1.54) is 19.3 Å². The van der Waals surface area contributed by atoms with E-state index in [4.69, 9.17) is 4.74 Å². The first-order chi connectivity index (χ1) is 7.06. The van der Waals surface area contributed by atoms with Crippen molar-refractivity contribution < 1.29 is 9.84 Å². The van der Waals surface area contributed by atoms with Crippen molar-refractivity contribution in [2.75, 3.05) is 0 Å². The lowest BCUT2D eigenvalue weighted by Crippen LogP contribution is -2.43. The van der Waals surface area contributed by atoms with Crippen LogP contribution in [0, 0.1) is 0 Å². The van der Waals surface area contributed by atoms with Gasteiger partial charge in [0.15, 0.2) is 0 Å². The molecule has 1 aliphatic rings. The van der Waals surface area contributed by atoms with Crippen LogP contribution >= 0.6 is 0 Å². The molecule has 1 fully saturated rings. The maximum absolute atomic E-state index is 10.4. The molecule has 0 radical (unpaired) electrons. The van der Waals surface area contributed by atoms with Crippen LogP contribution in [0.1, 0.15) is 65.7 Å². The molecule has 1 heterocycles. The molecule has 2 heteroatoms. The van der Waals surface area contributed by atoms with Crippen LogP contribution in [0.15, 0.2) is 0 Å². The van der Waals surface area contributed by atoms with Crippen molar-refractivity contribution in [3.8, 4) is 0 Å². The minimum Gasteiger partial charge on any atom is -0.390 e. The largest absolute Gasteiger partial charge is 0.390 e. The van der Waals surface area contributed by atoms with Crippen LogP contribution in [0.25, 0.3) is 0 Å². The minimum absolute atomic E-state index is 0.213. The summed E-state index contributed by atoms with van der Waals surface area (Å²) in [5.41, 5.74) is -0.454. The van der Waals surface area contributed by atoms with E-state index in [0.29, 0.717) is 0 Å². The van der Waals surface area contributed by atoms with E-state index in [1.54, 1.807) is 0 Å². The molecule has 0 bridgehead atoms. The summed E-state index contributed by atoms with van der Waals surface area (Å²) in [6, 6.07) is 0. The fraction of sp³-hybridized carbons (Fsp3) is 1.00. The van der Waals surface area contributed by atoms with Gasteiger partial charge in [-0.1, -0.05) is 32.6 Å². The fourth-order valence-electron chi connectivity index (χ4n) is 2.73. The maximum atomic E-state index is 10.4. The molecule has 1 saturated heterocycles. The molecular weight excluding hydrogens is 188 g/mol. The van der Waals surface area contributed by atoms with E-state index < -0.39 is 5.60 Å². The molecule has 2 unspecified atom stereocenters. The highest BCUT2D eigenvalue weighted by atomic mass is 16.5. The van der Waals surface area contributed by atoms with Gasteiger partial charge in [-0.25, -0.2) is 0 Å². The number of hydrogen-bond acceptors (Lipinski definition) is 2. The minimum atomic E-state index is -0.454. The van der Waals surface area contributed by atoms with Gasteiger partial charge in [-0.3, -0.25) is 0 Å². The average molecular weight is 214 g/mol. The van der Waals surface area contributed by atoms with Gasteiger partial charge in [-0.05, 0) is 20.3 Å². The second-order valence-corrected chi connectivity index (χ2v) is 5.20. The summed E-state index contributed by atoms with van der Waals surface area (Å²) in [6.07, 6.45) is 7.95. The van der Waals surface area contributed by atoms with Gasteiger partial charge in [0, 0.05) is 12.8 Å². The molecule has 15 heavy (non-hydrogen) atoms. The number of unbranched alkanes of at least 4 members (excludes halogenated alkanes) is 3. The van der Waals surface area contributed by atoms with Crippen molar-refractivity contribution in [3.05, 3.63) is 0 Å². The summed E-state index contributed by atoms with van der Waals surface area (Å²) in [7, 11) is 0. The summed E-state index contributed by atoms with van der Waals surface area (Å²) >= 11 is 0. The second-order valence-electron chi connectivity index (χ2n) is 5.20. The Kier molecular flexibility index (Phi) is 5.07. The van der Waals surface area contributed by atoms with Crippen LogP contribution in [0.3, 0.4) is 0 Å². The predicted octanol–water partition coefficient (Wildman–Crippen LogP) is 3.28. The topological polar surface area (TPSA) is 29.5 Å². The summed E-state index contributed by atoms with van der Waals surface area (Å²) < 4.78 is 5.65. The van der Waals surface area contributed by atoms with Gasteiger partial charge in [0.2, 0.25) is 0 Å². The summed E-state index contributed by atoms with van der Waals surface area (Å²) in [5.74, 6) is 0. The maximum Gasteiger partial charge on any atom is 0.0697 e. The molecule has 1 rings (SSSR count). The third kappa shape index (κ3) is 4.52. The van der Waals surface area contributed by atoms with Crippen molar-refractivity contribution in [2.24, 2.45) is 0 Å². The zero-order chi connectivity index (χ0) is 11.3. The van der Waals surface area contributed by atoms with E-state index >= 15 is 0 Å². The number of hydrogen-bond donors (Lipinski definition) is 1. The third-order valence-corrected chi connectivity index (χ3v) is 3.30. The first-order valence-corrected chi connectivity index (χ1v) is 6.43. The Balaban J connectivity index is 2.30. The van der Waals surface area contributed by atoms with Crippen molar-refractivity contribution in [3.63, 3.8) is 0 Å². The Morgan fingerprint density at radius 2 is 1.73 bits per heavy atom. The second kappa shape index (κ2) is 5.86. The summed E-state index contributed by atoms with van der Waals surface area (Å²) in [4.78, 5) is 0. The Morgan fingerprint density at radius 3 is 2.27 bits per heavy atom. The highest BCUT2D eigenvalue weighted by Gasteiger charge is 2.35. The zero-order valence-corrected chi connectivity index (χ0v) is 10.5. The molecule has 1 N–H and O–H groups in total. The lowest BCUT2D eigenvalue weighted by Gasteiger charge is -2.39. The Bertz CT molecular complexity index is 169. The molecule has 2 atom stereocenters. The molecule has 0 spiro atoms. The van der Waals surface area contributed by atoms with Crippen LogP contribution in [0.2, 0.25) is 0 Å². The van der Waals surface area contributed by atoms with Crippen molar-refractivity contribution >= 4 is 0 Å². The molecule has 2 nitrogen and oxygen atoms in total. The molecular formula is C13H26O2. The molecule has 0 saturated carbocycles. The van der Waals surface area contributed by atoms with Gasteiger partial charge in [-0.15, -0.1) is 0 Å². The molecule has 1 aliphatic heterocycles. The Hall–Kier alpha value is -0.0800. The SMILES string of the molecule is CCCCCCC1(O)CC(C)OC(C)C1. The van der Waals surface area contributed by atoms with Crippen molar-refractivity contribution in [1.29, 1.82) is 0 Å². The predicted molar refractivity (Wildman–Crippen MR) is 63.0 cm³/mol. The quantitative estimate of drug-likeness (QED) is 0.712. The molecule has 90 valence electrons. The van der Waals surface area contributed by atoms with Crippen LogP contribution in [-0.2, 0) is 4.74 Å². The van der Waals surface area contributed by atoms with Crippen molar-refractivity contribution in [2.45, 2.75) is 83.5 Å². The van der Waals surface area contributed by atoms with E-state index in [1.807, 2.05) is 0 Å². The van der Waals surface area contributed by atoms with E-state index in [0.717, 1.165) is 25.7 Å². The normalized spacial score (nSPS) is 36.8. The average Bonchev–Trinajstić information content (AvgIpc) is 2.10. The van der Waals surface area contributed by atoms with Gasteiger partial charge in [0.05, 0.1) is 17.8 Å². The molecule has 0 aromatic heterocycles. The molecule has 0 aromatic rings. The van der Waals surface area contributed by atoms with Crippen LogP contribution < -0.4 is 0 Å². The monoisotopic (exact) mass is 214 g/mol. The lowest BCUT2D eigenvalue weighted by molar-refractivity contribution is -0.134. The lowest BCUT2D eigenvalue weighted by atomic mass is 9.83. The summed E-state index contributed by atoms with van der Waals surface area (Å²) in [6.45, 7) is 6.34. The molecule has 0 aromatic carbocycles. The van der Waals surface area contributed by atoms with Crippen LogP contribution in [0.5, 0.6) is 0 Å². The number of ether oxygens (including phenoxy) is 1. The van der Waals surface area contributed by atoms with E-state index in [-0.39, 0.29) is 12.2 Å². The van der Waals surface area contributed by atoms with Crippen LogP contribution in [-0.4, -0.2) is 22.9 Å². The van der Waals surface area contributed by atoms with E-state index in [2.05, 4.69) is 20.8 Å². The van der Waals surface area contributed by atoms with Gasteiger partial charge < -0.3 is 9.84 Å². The third-order valence-electron chi connectivity index (χ3n) is 3.30. The van der Waals surface area contributed by atoms with Gasteiger partial charge in [-0.2, -0.15) is 0 Å². The van der Waals surface area contributed by atoms with Gasteiger partial charge >= 0.3 is 0 Å². The first kappa shape index (κ1) is 13.0. The first-order valence-electron chi connectivity index (χ1n) is 6.43. The Labute approximate surface area is 94.0 Å². The van der Waals surface area contributed by atoms with Crippen LogP contribution in [0.4, 0.5) is 0 Å². The van der Waals surface area contributed by atoms with Gasteiger partial charge in [0.1, 0.15) is 0 Å².